The lowest BCUT2D eigenvalue weighted by Gasteiger charge is -2.21. The molecule has 0 aliphatic carbocycles. The van der Waals surface area contributed by atoms with Gasteiger partial charge in [-0.3, -0.25) is 4.79 Å². The first kappa shape index (κ1) is 18.3. The van der Waals surface area contributed by atoms with Crippen molar-refractivity contribution in [3.63, 3.8) is 0 Å². The van der Waals surface area contributed by atoms with Crippen molar-refractivity contribution in [2.24, 2.45) is 0 Å². The zero-order chi connectivity index (χ0) is 18.0. The topological polar surface area (TPSA) is 88.6 Å². The molecule has 0 atom stereocenters. The highest BCUT2D eigenvalue weighted by Crippen LogP contribution is 2.24. The molecular weight excluding hydrogens is 350 g/mol. The van der Waals surface area contributed by atoms with Crippen LogP contribution in [-0.2, 0) is 24.8 Å². The van der Waals surface area contributed by atoms with Gasteiger partial charge in [-0.05, 0) is 38.1 Å². The van der Waals surface area contributed by atoms with E-state index in [9.17, 15) is 21.6 Å². The molecule has 0 aliphatic rings. The lowest BCUT2D eigenvalue weighted by Crippen LogP contribution is -2.40. The first-order valence-electron chi connectivity index (χ1n) is 7.05. The number of carbonyl (C=O) groups excluding carboxylic acids is 1. The van der Waals surface area contributed by atoms with E-state index in [-0.39, 0.29) is 13.5 Å². The van der Waals surface area contributed by atoms with Crippen LogP contribution in [0.3, 0.4) is 0 Å². The van der Waals surface area contributed by atoms with Crippen molar-refractivity contribution in [2.75, 3.05) is 6.54 Å². The Morgan fingerprint density at radius 2 is 1.29 bits per heavy atom. The minimum absolute atomic E-state index is 0.186. The van der Waals surface area contributed by atoms with Gasteiger partial charge in [0.15, 0.2) is 0 Å². The summed E-state index contributed by atoms with van der Waals surface area (Å²) in [4.78, 5) is 11.1. The molecule has 0 aromatic heterocycles. The Balaban J connectivity index is 2.61. The van der Waals surface area contributed by atoms with Gasteiger partial charge in [-0.1, -0.05) is 39.6 Å². The number of aryl methyl sites for hydroxylation is 1. The van der Waals surface area contributed by atoms with Crippen molar-refractivity contribution in [3.8, 4) is 0 Å². The van der Waals surface area contributed by atoms with E-state index in [1.165, 1.54) is 36.4 Å². The lowest BCUT2D eigenvalue weighted by atomic mass is 10.2. The first-order valence-corrected chi connectivity index (χ1v) is 9.93. The second kappa shape index (κ2) is 6.84. The molecule has 0 N–H and O–H groups in total. The van der Waals surface area contributed by atoms with Crippen molar-refractivity contribution >= 4 is 25.8 Å². The van der Waals surface area contributed by atoms with Gasteiger partial charge in [0.1, 0.15) is 5.78 Å². The fourth-order valence-corrected chi connectivity index (χ4v) is 5.72. The van der Waals surface area contributed by atoms with Crippen LogP contribution < -0.4 is 0 Å². The fraction of sp³-hybridized carbons (Fsp3) is 0.188. The van der Waals surface area contributed by atoms with Crippen molar-refractivity contribution in [1.29, 1.82) is 0 Å². The molecule has 128 valence electrons. The summed E-state index contributed by atoms with van der Waals surface area (Å²) < 4.78 is 51.3. The number of carbonyl (C=O) groups is 1. The van der Waals surface area contributed by atoms with E-state index in [1.807, 2.05) is 0 Å². The molecule has 2 aromatic carbocycles. The number of ketones is 1. The van der Waals surface area contributed by atoms with Gasteiger partial charge in [-0.15, -0.1) is 0 Å². The Labute approximate surface area is 141 Å². The van der Waals surface area contributed by atoms with Crippen molar-refractivity contribution in [1.82, 2.24) is 3.71 Å². The average Bonchev–Trinajstić information content (AvgIpc) is 2.53. The second-order valence-electron chi connectivity index (χ2n) is 5.27. The molecule has 8 heteroatoms. The highest BCUT2D eigenvalue weighted by atomic mass is 32.3. The standard InChI is InChI=1S/C16H17NO5S2/c1-13-8-10-16(11-9-13)24(21,22)17(12-14(2)18)23(19,20)15-6-4-3-5-7-15/h3-11H,12H2,1-2H3. The maximum Gasteiger partial charge on any atom is 0.256 e. The van der Waals surface area contributed by atoms with Crippen LogP contribution in [0.25, 0.3) is 0 Å². The lowest BCUT2D eigenvalue weighted by molar-refractivity contribution is -0.116. The number of nitrogens with zero attached hydrogens (tertiary/aromatic N) is 1. The number of hydrogen-bond acceptors (Lipinski definition) is 5. The smallest absolute Gasteiger partial charge is 0.256 e. The molecule has 0 fully saturated rings. The molecule has 0 spiro atoms. The van der Waals surface area contributed by atoms with Crippen LogP contribution >= 0.6 is 0 Å². The van der Waals surface area contributed by atoms with Crippen LogP contribution in [0, 0.1) is 6.92 Å². The third kappa shape index (κ3) is 3.72. The summed E-state index contributed by atoms with van der Waals surface area (Å²) in [6, 6.07) is 12.9. The molecule has 2 aromatic rings. The molecule has 0 bridgehead atoms. The second-order valence-corrected chi connectivity index (χ2v) is 9.22. The van der Waals surface area contributed by atoms with E-state index < -0.39 is 32.4 Å². The van der Waals surface area contributed by atoms with Crippen LogP contribution in [0.15, 0.2) is 64.4 Å². The Bertz CT molecular complexity index is 934. The highest BCUT2D eigenvalue weighted by Gasteiger charge is 2.37. The number of sulfonamides is 2. The van der Waals surface area contributed by atoms with Crippen LogP contribution in [0.5, 0.6) is 0 Å². The molecule has 6 nitrogen and oxygen atoms in total. The van der Waals surface area contributed by atoms with Crippen LogP contribution in [-0.4, -0.2) is 32.9 Å². The van der Waals surface area contributed by atoms with Gasteiger partial charge in [0.05, 0.1) is 16.3 Å². The van der Waals surface area contributed by atoms with E-state index in [2.05, 4.69) is 0 Å². The van der Waals surface area contributed by atoms with Gasteiger partial charge in [0.25, 0.3) is 20.0 Å². The Morgan fingerprint density at radius 1 is 0.833 bits per heavy atom. The normalized spacial score (nSPS) is 12.3. The first-order chi connectivity index (χ1) is 11.2. The van der Waals surface area contributed by atoms with Gasteiger partial charge in [0.2, 0.25) is 0 Å². The van der Waals surface area contributed by atoms with Crippen LogP contribution in [0.2, 0.25) is 0 Å². The van der Waals surface area contributed by atoms with E-state index in [1.54, 1.807) is 25.1 Å². The molecule has 0 aliphatic heterocycles. The summed E-state index contributed by atoms with van der Waals surface area (Å²) >= 11 is 0. The van der Waals surface area contributed by atoms with E-state index in [4.69, 9.17) is 0 Å². The van der Waals surface area contributed by atoms with Crippen LogP contribution in [0.1, 0.15) is 12.5 Å². The maximum absolute atomic E-state index is 12.8. The SMILES string of the molecule is CC(=O)CN(S(=O)(=O)c1ccccc1)S(=O)(=O)c1ccc(C)cc1. The van der Waals surface area contributed by atoms with E-state index in [0.29, 0.717) is 0 Å². The highest BCUT2D eigenvalue weighted by molar-refractivity contribution is 8.04. The van der Waals surface area contributed by atoms with E-state index >= 15 is 0 Å². The van der Waals surface area contributed by atoms with Gasteiger partial charge < -0.3 is 0 Å². The Hall–Kier alpha value is -2.03. The summed E-state index contributed by atoms with van der Waals surface area (Å²) in [6.07, 6.45) is 0. The Kier molecular flexibility index (Phi) is 5.22. The number of hydrogen-bond donors (Lipinski definition) is 0. The zero-order valence-electron chi connectivity index (χ0n) is 13.2. The largest absolute Gasteiger partial charge is 0.298 e. The Morgan fingerprint density at radius 3 is 1.75 bits per heavy atom. The number of rotatable bonds is 6. The van der Waals surface area contributed by atoms with Gasteiger partial charge in [-0.25, -0.2) is 16.8 Å². The van der Waals surface area contributed by atoms with Gasteiger partial charge in [0, 0.05) is 0 Å². The number of Topliss-reactive ketones (excluding diaryl/α,β-unsaturated/α-hetero) is 1. The zero-order valence-corrected chi connectivity index (χ0v) is 14.8. The van der Waals surface area contributed by atoms with Crippen molar-refractivity contribution < 1.29 is 21.6 Å². The van der Waals surface area contributed by atoms with Gasteiger partial charge >= 0.3 is 0 Å². The van der Waals surface area contributed by atoms with Crippen molar-refractivity contribution in [3.05, 3.63) is 60.2 Å². The van der Waals surface area contributed by atoms with Gasteiger partial charge in [-0.2, -0.15) is 0 Å². The van der Waals surface area contributed by atoms with Crippen LogP contribution in [0.4, 0.5) is 0 Å². The molecule has 0 amide bonds. The molecule has 0 radical (unpaired) electrons. The third-order valence-corrected chi connectivity index (χ3v) is 7.49. The molecule has 0 saturated carbocycles. The molecule has 24 heavy (non-hydrogen) atoms. The fourth-order valence-electron chi connectivity index (χ4n) is 2.02. The monoisotopic (exact) mass is 367 g/mol. The summed E-state index contributed by atoms with van der Waals surface area (Å²) in [5.74, 6) is -0.579. The summed E-state index contributed by atoms with van der Waals surface area (Å²) in [5, 5.41) is 0. The molecular formula is C16H17NO5S2. The number of benzene rings is 2. The summed E-state index contributed by atoms with van der Waals surface area (Å²) in [6.45, 7) is 2.16. The maximum atomic E-state index is 12.8. The molecule has 0 saturated heterocycles. The third-order valence-electron chi connectivity index (χ3n) is 3.25. The molecule has 0 heterocycles. The summed E-state index contributed by atoms with van der Waals surface area (Å²) in [7, 11) is -8.78. The molecule has 0 unspecified atom stereocenters. The quantitative estimate of drug-likeness (QED) is 0.779. The van der Waals surface area contributed by atoms with E-state index in [0.717, 1.165) is 12.5 Å². The average molecular weight is 367 g/mol. The minimum Gasteiger partial charge on any atom is -0.298 e. The molecule has 2 rings (SSSR count). The predicted molar refractivity (Wildman–Crippen MR) is 89.4 cm³/mol. The predicted octanol–water partition coefficient (Wildman–Crippen LogP) is 1.96. The van der Waals surface area contributed by atoms with Crippen molar-refractivity contribution in [2.45, 2.75) is 23.6 Å². The minimum atomic E-state index is -4.39. The summed E-state index contributed by atoms with van der Waals surface area (Å²) in [5.41, 5.74) is 0.831.